The summed E-state index contributed by atoms with van der Waals surface area (Å²) in [5.74, 6) is 2.37. The molecule has 0 saturated heterocycles. The van der Waals surface area contributed by atoms with Gasteiger partial charge in [0.15, 0.2) is 0 Å². The molecule has 2 aliphatic rings. The SMILES string of the molecule is Clc1ncc(Cl)c(NC2CC3CCC2C3)n1. The third-order valence-corrected chi connectivity index (χ3v) is 4.23. The third kappa shape index (κ3) is 1.87. The molecule has 5 heteroatoms. The number of anilines is 1. The van der Waals surface area contributed by atoms with Crippen LogP contribution >= 0.6 is 23.2 Å². The van der Waals surface area contributed by atoms with Crippen LogP contribution in [0.5, 0.6) is 0 Å². The quantitative estimate of drug-likeness (QED) is 0.826. The van der Waals surface area contributed by atoms with Crippen LogP contribution in [0.1, 0.15) is 25.7 Å². The molecule has 2 saturated carbocycles. The summed E-state index contributed by atoms with van der Waals surface area (Å²) in [6, 6.07) is 0.516. The minimum absolute atomic E-state index is 0.245. The first-order valence-electron chi connectivity index (χ1n) is 5.67. The van der Waals surface area contributed by atoms with Crippen LogP contribution in [-0.2, 0) is 0 Å². The molecule has 0 radical (unpaired) electrons. The molecule has 16 heavy (non-hydrogen) atoms. The standard InChI is InChI=1S/C11H13Cl2N3/c12-8-5-14-11(13)16-10(8)15-9-4-6-1-2-7(9)3-6/h5-7,9H,1-4H2,(H,14,15,16). The maximum atomic E-state index is 6.03. The first-order valence-corrected chi connectivity index (χ1v) is 6.42. The van der Waals surface area contributed by atoms with Crippen molar-refractivity contribution in [2.45, 2.75) is 31.7 Å². The lowest BCUT2D eigenvalue weighted by molar-refractivity contribution is 0.439. The van der Waals surface area contributed by atoms with Crippen LogP contribution in [0.4, 0.5) is 5.82 Å². The van der Waals surface area contributed by atoms with E-state index in [4.69, 9.17) is 23.2 Å². The van der Waals surface area contributed by atoms with Crippen LogP contribution in [0, 0.1) is 11.8 Å². The number of halogens is 2. The van der Waals surface area contributed by atoms with Gasteiger partial charge in [0.2, 0.25) is 5.28 Å². The molecule has 0 amide bonds. The Labute approximate surface area is 105 Å². The zero-order chi connectivity index (χ0) is 11.1. The fourth-order valence-electron chi connectivity index (χ4n) is 3.04. The topological polar surface area (TPSA) is 37.8 Å². The molecule has 3 nitrogen and oxygen atoms in total. The van der Waals surface area contributed by atoms with Gasteiger partial charge in [0.1, 0.15) is 10.8 Å². The number of hydrogen-bond acceptors (Lipinski definition) is 3. The summed E-state index contributed by atoms with van der Waals surface area (Å²) in [7, 11) is 0. The van der Waals surface area contributed by atoms with Crippen molar-refractivity contribution in [3.63, 3.8) is 0 Å². The van der Waals surface area contributed by atoms with E-state index in [-0.39, 0.29) is 5.28 Å². The zero-order valence-electron chi connectivity index (χ0n) is 8.79. The summed E-state index contributed by atoms with van der Waals surface area (Å²) in [5.41, 5.74) is 0. The Kier molecular flexibility index (Phi) is 2.68. The van der Waals surface area contributed by atoms with E-state index in [0.29, 0.717) is 16.9 Å². The van der Waals surface area contributed by atoms with E-state index in [2.05, 4.69) is 15.3 Å². The van der Waals surface area contributed by atoms with Crippen LogP contribution in [0.2, 0.25) is 10.3 Å². The molecule has 2 bridgehead atoms. The van der Waals surface area contributed by atoms with Gasteiger partial charge in [-0.25, -0.2) is 4.98 Å². The number of rotatable bonds is 2. The van der Waals surface area contributed by atoms with E-state index in [1.807, 2.05) is 0 Å². The number of aromatic nitrogens is 2. The average molecular weight is 258 g/mol. The van der Waals surface area contributed by atoms with E-state index in [0.717, 1.165) is 11.8 Å². The third-order valence-electron chi connectivity index (χ3n) is 3.77. The van der Waals surface area contributed by atoms with Crippen molar-refractivity contribution in [3.05, 3.63) is 16.5 Å². The molecule has 1 aromatic heterocycles. The van der Waals surface area contributed by atoms with Crippen molar-refractivity contribution in [1.82, 2.24) is 9.97 Å². The van der Waals surface area contributed by atoms with Crippen LogP contribution in [0.25, 0.3) is 0 Å². The second-order valence-corrected chi connectivity index (χ2v) is 5.51. The fraction of sp³-hybridized carbons (Fsp3) is 0.636. The first-order chi connectivity index (χ1) is 7.72. The average Bonchev–Trinajstić information content (AvgIpc) is 2.85. The molecule has 1 aromatic rings. The van der Waals surface area contributed by atoms with Crippen LogP contribution < -0.4 is 5.32 Å². The maximum Gasteiger partial charge on any atom is 0.224 e. The Morgan fingerprint density at radius 2 is 2.12 bits per heavy atom. The monoisotopic (exact) mass is 257 g/mol. The number of fused-ring (bicyclic) bond motifs is 2. The lowest BCUT2D eigenvalue weighted by atomic mass is 9.95. The largest absolute Gasteiger partial charge is 0.366 e. The Bertz CT molecular complexity index is 410. The molecule has 3 rings (SSSR count). The summed E-state index contributed by atoms with van der Waals surface area (Å²) in [4.78, 5) is 7.98. The van der Waals surface area contributed by atoms with Crippen molar-refractivity contribution in [1.29, 1.82) is 0 Å². The molecule has 1 heterocycles. The summed E-state index contributed by atoms with van der Waals surface area (Å²) in [5, 5.41) is 4.21. The summed E-state index contributed by atoms with van der Waals surface area (Å²) in [6.07, 6.45) is 6.86. The second-order valence-electron chi connectivity index (χ2n) is 4.76. The van der Waals surface area contributed by atoms with E-state index in [1.165, 1.54) is 25.7 Å². The van der Waals surface area contributed by atoms with Crippen LogP contribution in [0.15, 0.2) is 6.20 Å². The number of hydrogen-bond donors (Lipinski definition) is 1. The van der Waals surface area contributed by atoms with E-state index in [9.17, 15) is 0 Å². The Morgan fingerprint density at radius 3 is 2.81 bits per heavy atom. The van der Waals surface area contributed by atoms with Crippen molar-refractivity contribution in [2.75, 3.05) is 5.32 Å². The van der Waals surface area contributed by atoms with Crippen molar-refractivity contribution in [3.8, 4) is 0 Å². The van der Waals surface area contributed by atoms with Gasteiger partial charge in [-0.3, -0.25) is 0 Å². The molecule has 3 atom stereocenters. The van der Waals surface area contributed by atoms with E-state index >= 15 is 0 Å². The zero-order valence-corrected chi connectivity index (χ0v) is 10.3. The summed E-state index contributed by atoms with van der Waals surface area (Å²) in [6.45, 7) is 0. The lowest BCUT2D eigenvalue weighted by Gasteiger charge is -2.23. The van der Waals surface area contributed by atoms with Gasteiger partial charge in [-0.15, -0.1) is 0 Å². The molecule has 0 aromatic carbocycles. The molecule has 0 spiro atoms. The highest BCUT2D eigenvalue weighted by molar-refractivity contribution is 6.33. The van der Waals surface area contributed by atoms with Gasteiger partial charge in [0.25, 0.3) is 0 Å². The molecule has 1 N–H and O–H groups in total. The normalized spacial score (nSPS) is 32.0. The molecule has 2 aliphatic carbocycles. The molecule has 3 unspecified atom stereocenters. The minimum atomic E-state index is 0.245. The van der Waals surface area contributed by atoms with Gasteiger partial charge in [0.05, 0.1) is 6.20 Å². The Morgan fingerprint density at radius 1 is 1.25 bits per heavy atom. The minimum Gasteiger partial charge on any atom is -0.366 e. The van der Waals surface area contributed by atoms with Gasteiger partial charge in [0, 0.05) is 6.04 Å². The lowest BCUT2D eigenvalue weighted by Crippen LogP contribution is -2.26. The molecular formula is C11H13Cl2N3. The van der Waals surface area contributed by atoms with E-state index < -0.39 is 0 Å². The van der Waals surface area contributed by atoms with Crippen molar-refractivity contribution >= 4 is 29.0 Å². The number of nitrogens with zero attached hydrogens (tertiary/aromatic N) is 2. The van der Waals surface area contributed by atoms with Gasteiger partial charge in [-0.05, 0) is 42.7 Å². The predicted molar refractivity (Wildman–Crippen MR) is 64.9 cm³/mol. The second kappa shape index (κ2) is 4.04. The van der Waals surface area contributed by atoms with Crippen molar-refractivity contribution < 1.29 is 0 Å². The van der Waals surface area contributed by atoms with Gasteiger partial charge in [-0.2, -0.15) is 4.98 Å². The smallest absolute Gasteiger partial charge is 0.224 e. The molecule has 0 aliphatic heterocycles. The Hall–Kier alpha value is -0.540. The number of nitrogens with one attached hydrogen (secondary N) is 1. The predicted octanol–water partition coefficient (Wildman–Crippen LogP) is 3.38. The summed E-state index contributed by atoms with van der Waals surface area (Å²) >= 11 is 11.8. The van der Waals surface area contributed by atoms with Gasteiger partial charge < -0.3 is 5.32 Å². The maximum absolute atomic E-state index is 6.03. The van der Waals surface area contributed by atoms with Gasteiger partial charge in [-0.1, -0.05) is 18.0 Å². The first kappa shape index (κ1) is 10.6. The fourth-order valence-corrected chi connectivity index (χ4v) is 3.32. The van der Waals surface area contributed by atoms with Gasteiger partial charge >= 0.3 is 0 Å². The van der Waals surface area contributed by atoms with E-state index in [1.54, 1.807) is 6.20 Å². The highest BCUT2D eigenvalue weighted by Crippen LogP contribution is 2.45. The highest BCUT2D eigenvalue weighted by Gasteiger charge is 2.39. The highest BCUT2D eigenvalue weighted by atomic mass is 35.5. The van der Waals surface area contributed by atoms with Crippen LogP contribution in [0.3, 0.4) is 0 Å². The molecular weight excluding hydrogens is 245 g/mol. The van der Waals surface area contributed by atoms with Crippen molar-refractivity contribution in [2.24, 2.45) is 11.8 Å². The molecule has 86 valence electrons. The van der Waals surface area contributed by atoms with Crippen LogP contribution in [-0.4, -0.2) is 16.0 Å². The Balaban J connectivity index is 1.76. The summed E-state index contributed by atoms with van der Waals surface area (Å²) < 4.78 is 0. The molecule has 2 fully saturated rings.